The number of nitrogens with one attached hydrogen (secondary N) is 1. The fourth-order valence-electron chi connectivity index (χ4n) is 4.85. The summed E-state index contributed by atoms with van der Waals surface area (Å²) in [6.07, 6.45) is 2.40. The molecule has 2 aromatic heterocycles. The molecule has 0 aliphatic carbocycles. The Bertz CT molecular complexity index is 1630. The summed E-state index contributed by atoms with van der Waals surface area (Å²) < 4.78 is 0. The van der Waals surface area contributed by atoms with E-state index in [1.165, 1.54) is 11.3 Å². The first-order chi connectivity index (χ1) is 18.7. The van der Waals surface area contributed by atoms with Crippen molar-refractivity contribution in [1.29, 1.82) is 0 Å². The third-order valence-corrected chi connectivity index (χ3v) is 8.24. The van der Waals surface area contributed by atoms with E-state index in [9.17, 15) is 14.4 Å². The minimum Gasteiger partial charge on any atom is -0.322 e. The average Bonchev–Trinajstić information content (AvgIpc) is 3.37. The van der Waals surface area contributed by atoms with Crippen LogP contribution in [0.4, 0.5) is 11.4 Å². The second kappa shape index (κ2) is 10.8. The highest BCUT2D eigenvalue weighted by Gasteiger charge is 2.26. The van der Waals surface area contributed by atoms with Crippen LogP contribution in [-0.4, -0.2) is 29.1 Å². The summed E-state index contributed by atoms with van der Waals surface area (Å²) in [7, 11) is 0. The van der Waals surface area contributed by atoms with Gasteiger partial charge in [-0.25, -0.2) is 0 Å². The molecule has 0 unspecified atom stereocenters. The van der Waals surface area contributed by atoms with Gasteiger partial charge in [-0.1, -0.05) is 18.2 Å². The van der Waals surface area contributed by atoms with Crippen molar-refractivity contribution in [3.05, 3.63) is 111 Å². The smallest absolute Gasteiger partial charge is 0.258 e. The highest BCUT2D eigenvalue weighted by Crippen LogP contribution is 2.40. The number of aryl methyl sites for hydroxylation is 2. The summed E-state index contributed by atoms with van der Waals surface area (Å²) in [6, 6.07) is 20.6. The quantitative estimate of drug-likeness (QED) is 0.274. The van der Waals surface area contributed by atoms with Crippen LogP contribution in [0.2, 0.25) is 0 Å². The van der Waals surface area contributed by atoms with Gasteiger partial charge in [-0.2, -0.15) is 0 Å². The molecular weight excluding hydrogens is 506 g/mol. The zero-order valence-corrected chi connectivity index (χ0v) is 23.2. The molecule has 39 heavy (non-hydrogen) atoms. The summed E-state index contributed by atoms with van der Waals surface area (Å²) in [5.74, 6) is -0.288. The lowest BCUT2D eigenvalue weighted by atomic mass is 9.98. The van der Waals surface area contributed by atoms with Crippen molar-refractivity contribution in [2.24, 2.45) is 0 Å². The lowest BCUT2D eigenvalue weighted by Crippen LogP contribution is -2.32. The molecule has 0 saturated carbocycles. The number of allylic oxidation sites excluding steroid dienone is 1. The minimum absolute atomic E-state index is 0.0562. The van der Waals surface area contributed by atoms with Crippen molar-refractivity contribution in [1.82, 2.24) is 4.98 Å². The number of para-hydroxylation sites is 1. The van der Waals surface area contributed by atoms with Gasteiger partial charge in [-0.05, 0) is 99.4 Å². The van der Waals surface area contributed by atoms with Crippen LogP contribution in [-0.2, 0) is 0 Å². The van der Waals surface area contributed by atoms with Crippen molar-refractivity contribution in [3.8, 4) is 0 Å². The SMILES string of the molecule is CC(=O)c1ccc(C2=C(C)c3ccccc3N(C(=O)c3ccc(NC(=O)c4cc(C)cnc4C)cc3)CC2)s1. The van der Waals surface area contributed by atoms with E-state index in [2.05, 4.69) is 17.2 Å². The van der Waals surface area contributed by atoms with E-state index < -0.39 is 0 Å². The van der Waals surface area contributed by atoms with E-state index in [1.807, 2.05) is 54.3 Å². The van der Waals surface area contributed by atoms with Gasteiger partial charge in [-0.3, -0.25) is 19.4 Å². The van der Waals surface area contributed by atoms with E-state index in [4.69, 9.17) is 0 Å². The number of carbonyl (C=O) groups is 3. The third-order valence-electron chi connectivity index (χ3n) is 6.99. The first-order valence-corrected chi connectivity index (χ1v) is 13.6. The fraction of sp³-hybridized carbons (Fsp3) is 0.188. The van der Waals surface area contributed by atoms with E-state index >= 15 is 0 Å². The second-order valence-electron chi connectivity index (χ2n) is 9.72. The number of ketones is 1. The van der Waals surface area contributed by atoms with Gasteiger partial charge in [-0.15, -0.1) is 11.3 Å². The van der Waals surface area contributed by atoms with Crippen LogP contribution in [0.15, 0.2) is 72.9 Å². The second-order valence-corrected chi connectivity index (χ2v) is 10.8. The first kappa shape index (κ1) is 26.3. The number of pyridine rings is 1. The van der Waals surface area contributed by atoms with E-state index in [1.54, 1.807) is 44.3 Å². The lowest BCUT2D eigenvalue weighted by molar-refractivity contribution is 0.0985. The van der Waals surface area contributed by atoms with Crippen LogP contribution in [0.3, 0.4) is 0 Å². The fourth-order valence-corrected chi connectivity index (χ4v) is 5.88. The zero-order valence-electron chi connectivity index (χ0n) is 22.4. The number of rotatable bonds is 5. The topological polar surface area (TPSA) is 79.4 Å². The molecule has 2 aromatic carbocycles. The molecule has 4 aromatic rings. The Labute approximate surface area is 232 Å². The standard InChI is InChI=1S/C32H29N3O3S/c1-19-17-27(21(3)33-18-19)31(37)34-24-11-9-23(10-12-24)32(38)35-16-15-26(30-14-13-29(39-30)22(4)36)20(2)25-7-5-6-8-28(25)35/h5-14,17-18H,15-16H2,1-4H3,(H,34,37). The molecule has 0 saturated heterocycles. The Morgan fingerprint density at radius 2 is 1.69 bits per heavy atom. The van der Waals surface area contributed by atoms with Gasteiger partial charge >= 0.3 is 0 Å². The molecule has 3 heterocycles. The maximum atomic E-state index is 13.8. The first-order valence-electron chi connectivity index (χ1n) is 12.8. The molecule has 196 valence electrons. The molecule has 7 heteroatoms. The maximum Gasteiger partial charge on any atom is 0.258 e. The Balaban J connectivity index is 1.39. The average molecular weight is 536 g/mol. The molecule has 6 nitrogen and oxygen atoms in total. The predicted octanol–water partition coefficient (Wildman–Crippen LogP) is 7.20. The van der Waals surface area contributed by atoms with Gasteiger partial charge in [0.05, 0.1) is 16.1 Å². The molecule has 0 radical (unpaired) electrons. The van der Waals surface area contributed by atoms with Crippen LogP contribution < -0.4 is 10.2 Å². The van der Waals surface area contributed by atoms with Gasteiger partial charge in [0.25, 0.3) is 11.8 Å². The number of fused-ring (bicyclic) bond motifs is 1. The van der Waals surface area contributed by atoms with Crippen LogP contribution in [0.25, 0.3) is 11.1 Å². The van der Waals surface area contributed by atoms with Gasteiger partial charge in [0, 0.05) is 40.1 Å². The van der Waals surface area contributed by atoms with Crippen LogP contribution in [0, 0.1) is 13.8 Å². The Morgan fingerprint density at radius 1 is 0.949 bits per heavy atom. The number of Topliss-reactive ketones (excluding diaryl/α,β-unsaturated/α-hetero) is 1. The molecule has 0 bridgehead atoms. The molecule has 0 fully saturated rings. The number of thiophene rings is 1. The molecule has 1 N–H and O–H groups in total. The van der Waals surface area contributed by atoms with Gasteiger partial charge in [0.15, 0.2) is 5.78 Å². The number of aromatic nitrogens is 1. The summed E-state index contributed by atoms with van der Waals surface area (Å²) in [4.78, 5) is 46.3. The third kappa shape index (κ3) is 5.31. The van der Waals surface area contributed by atoms with Crippen molar-refractivity contribution in [2.75, 3.05) is 16.8 Å². The van der Waals surface area contributed by atoms with E-state index in [-0.39, 0.29) is 17.6 Å². The molecule has 5 rings (SSSR count). The van der Waals surface area contributed by atoms with Gasteiger partial charge in [0.1, 0.15) is 0 Å². The Morgan fingerprint density at radius 3 is 2.41 bits per heavy atom. The van der Waals surface area contributed by atoms with E-state index in [0.717, 1.165) is 37.7 Å². The van der Waals surface area contributed by atoms with Crippen molar-refractivity contribution < 1.29 is 14.4 Å². The van der Waals surface area contributed by atoms with Gasteiger partial charge in [0.2, 0.25) is 0 Å². The molecular formula is C32H29N3O3S. The monoisotopic (exact) mass is 535 g/mol. The highest BCUT2D eigenvalue weighted by atomic mass is 32.1. The summed E-state index contributed by atoms with van der Waals surface area (Å²) in [6.45, 7) is 7.87. The number of amides is 2. The summed E-state index contributed by atoms with van der Waals surface area (Å²) in [5.41, 5.74) is 7.35. The predicted molar refractivity (Wildman–Crippen MR) is 158 cm³/mol. The highest BCUT2D eigenvalue weighted by molar-refractivity contribution is 7.15. The molecule has 0 atom stereocenters. The number of carbonyl (C=O) groups excluding carboxylic acids is 3. The normalized spacial score (nSPS) is 13.1. The molecule has 1 aliphatic rings. The molecule has 2 amide bonds. The summed E-state index contributed by atoms with van der Waals surface area (Å²) in [5, 5.41) is 2.90. The number of benzene rings is 2. The largest absolute Gasteiger partial charge is 0.322 e. The lowest BCUT2D eigenvalue weighted by Gasteiger charge is -2.23. The minimum atomic E-state index is -0.236. The molecule has 0 spiro atoms. The number of hydrogen-bond donors (Lipinski definition) is 1. The number of nitrogens with zero attached hydrogens (tertiary/aromatic N) is 2. The number of hydrogen-bond acceptors (Lipinski definition) is 5. The van der Waals surface area contributed by atoms with Crippen molar-refractivity contribution >= 4 is 51.5 Å². The molecule has 1 aliphatic heterocycles. The Kier molecular flexibility index (Phi) is 7.26. The van der Waals surface area contributed by atoms with Crippen LogP contribution in [0.1, 0.15) is 72.4 Å². The van der Waals surface area contributed by atoms with Crippen molar-refractivity contribution in [2.45, 2.75) is 34.1 Å². The zero-order chi connectivity index (χ0) is 27.7. The van der Waals surface area contributed by atoms with Gasteiger partial charge < -0.3 is 10.2 Å². The van der Waals surface area contributed by atoms with E-state index in [0.29, 0.717) is 35.5 Å². The Hall–Kier alpha value is -4.36. The van der Waals surface area contributed by atoms with Crippen LogP contribution >= 0.6 is 11.3 Å². The van der Waals surface area contributed by atoms with Crippen molar-refractivity contribution in [3.63, 3.8) is 0 Å². The number of anilines is 2. The maximum absolute atomic E-state index is 13.8. The summed E-state index contributed by atoms with van der Waals surface area (Å²) >= 11 is 1.50. The van der Waals surface area contributed by atoms with Crippen LogP contribution in [0.5, 0.6) is 0 Å².